The second-order valence-electron chi connectivity index (χ2n) is 8.98. The summed E-state index contributed by atoms with van der Waals surface area (Å²) in [5.74, 6) is 0. The topological polar surface area (TPSA) is 34.0 Å². The number of thiazole rings is 1. The fourth-order valence-corrected chi connectivity index (χ4v) is 6.19. The molecule has 2 aromatic heterocycles. The van der Waals surface area contributed by atoms with Crippen molar-refractivity contribution in [2.24, 2.45) is 0 Å². The van der Waals surface area contributed by atoms with Crippen LogP contribution in [-0.2, 0) is 20.4 Å². The van der Waals surface area contributed by atoms with Gasteiger partial charge in [0, 0.05) is 29.0 Å². The smallest absolute Gasteiger partial charge is 0.413 e. The first-order valence-corrected chi connectivity index (χ1v) is 12.8. The summed E-state index contributed by atoms with van der Waals surface area (Å²) in [5, 5.41) is 7.45. The standard InChI is InChI=1S/C30H17BN4S.Pd/c1-3-8-26-22(6-1)24-12-10-20(30-32-15-17-36-30)18-28(24)35-29-19-21(34-16-5-14-33-34)11-13-25(29)23-7-2-4-9-27(23)31(26)35;/h1-17H;/q-2;+2. The molecule has 8 rings (SSSR count). The first-order chi connectivity index (χ1) is 17.9. The Morgan fingerprint density at radius 3 is 2.08 bits per heavy atom. The van der Waals surface area contributed by atoms with Crippen molar-refractivity contribution in [3.8, 4) is 38.5 Å². The van der Waals surface area contributed by atoms with E-state index in [2.05, 4.69) is 99.8 Å². The van der Waals surface area contributed by atoms with Gasteiger partial charge in [0.25, 0.3) is 0 Å². The van der Waals surface area contributed by atoms with E-state index >= 15 is 0 Å². The number of hydrogen-bond acceptors (Lipinski definition) is 4. The van der Waals surface area contributed by atoms with Gasteiger partial charge in [0.05, 0.1) is 0 Å². The fraction of sp³-hybridized carbons (Fsp3) is 0. The first kappa shape index (κ1) is 22.4. The molecule has 2 aliphatic heterocycles. The predicted molar refractivity (Wildman–Crippen MR) is 147 cm³/mol. The van der Waals surface area contributed by atoms with Crippen LogP contribution in [0.15, 0.2) is 103 Å². The van der Waals surface area contributed by atoms with Gasteiger partial charge in [-0.2, -0.15) is 22.5 Å². The average Bonchev–Trinajstić information content (AvgIpc) is 3.67. The third-order valence-electron chi connectivity index (χ3n) is 7.08. The van der Waals surface area contributed by atoms with E-state index in [0.29, 0.717) is 0 Å². The minimum absolute atomic E-state index is 0. The quantitative estimate of drug-likeness (QED) is 0.200. The summed E-state index contributed by atoms with van der Waals surface area (Å²) >= 11 is 1.64. The molecule has 0 bridgehead atoms. The molecule has 2 aliphatic rings. The Bertz CT molecular complexity index is 1640. The van der Waals surface area contributed by atoms with E-state index in [0.717, 1.165) is 33.2 Å². The molecule has 0 amide bonds. The summed E-state index contributed by atoms with van der Waals surface area (Å²) in [4.78, 5) is 6.98. The molecule has 7 heteroatoms. The van der Waals surface area contributed by atoms with E-state index in [4.69, 9.17) is 0 Å². The molecule has 0 aliphatic carbocycles. The summed E-state index contributed by atoms with van der Waals surface area (Å²) in [6, 6.07) is 35.5. The average molecular weight is 583 g/mol. The molecule has 6 aromatic rings. The Labute approximate surface area is 233 Å². The van der Waals surface area contributed by atoms with Crippen molar-refractivity contribution < 1.29 is 20.4 Å². The van der Waals surface area contributed by atoms with Crippen molar-refractivity contribution in [1.82, 2.24) is 14.8 Å². The normalized spacial score (nSPS) is 12.5. The molecule has 0 atom stereocenters. The van der Waals surface area contributed by atoms with Crippen LogP contribution >= 0.6 is 11.3 Å². The van der Waals surface area contributed by atoms with Gasteiger partial charge in [0.15, 0.2) is 0 Å². The van der Waals surface area contributed by atoms with E-state index in [9.17, 15) is 0 Å². The van der Waals surface area contributed by atoms with Crippen LogP contribution in [0.1, 0.15) is 0 Å². The van der Waals surface area contributed by atoms with E-state index in [1.807, 2.05) is 28.5 Å². The van der Waals surface area contributed by atoms with Gasteiger partial charge in [-0.05, 0) is 11.8 Å². The maximum Gasteiger partial charge on any atom is 2.00 e. The third-order valence-corrected chi connectivity index (χ3v) is 7.89. The Balaban J connectivity index is 0.00000231. The molecule has 0 N–H and O–H groups in total. The van der Waals surface area contributed by atoms with Gasteiger partial charge in [0.2, 0.25) is 0 Å². The maximum absolute atomic E-state index is 4.56. The van der Waals surface area contributed by atoms with Crippen LogP contribution in [0.2, 0.25) is 0 Å². The molecule has 0 spiro atoms. The van der Waals surface area contributed by atoms with Crippen LogP contribution in [0, 0.1) is 12.1 Å². The van der Waals surface area contributed by atoms with Crippen molar-refractivity contribution in [1.29, 1.82) is 0 Å². The molecule has 0 unspecified atom stereocenters. The van der Waals surface area contributed by atoms with Crippen LogP contribution < -0.4 is 15.7 Å². The summed E-state index contributed by atoms with van der Waals surface area (Å²) in [7, 11) is 0. The fourth-order valence-electron chi connectivity index (χ4n) is 5.57. The van der Waals surface area contributed by atoms with Crippen LogP contribution in [-0.4, -0.2) is 21.6 Å². The van der Waals surface area contributed by atoms with Gasteiger partial charge in [-0.15, -0.1) is 41.5 Å². The van der Waals surface area contributed by atoms with Crippen molar-refractivity contribution in [3.05, 3.63) is 115 Å². The zero-order valence-corrected chi connectivity index (χ0v) is 21.8. The second-order valence-corrected chi connectivity index (χ2v) is 9.87. The van der Waals surface area contributed by atoms with Gasteiger partial charge < -0.3 is 4.81 Å². The molecular weight excluding hydrogens is 566 g/mol. The molecule has 4 aromatic carbocycles. The Morgan fingerprint density at radius 2 is 1.41 bits per heavy atom. The second kappa shape index (κ2) is 8.67. The van der Waals surface area contributed by atoms with E-state index in [1.54, 1.807) is 17.5 Å². The van der Waals surface area contributed by atoms with E-state index < -0.39 is 0 Å². The molecule has 0 saturated heterocycles. The van der Waals surface area contributed by atoms with Crippen molar-refractivity contribution in [2.75, 3.05) is 4.81 Å². The Morgan fingerprint density at radius 1 is 0.703 bits per heavy atom. The molecule has 4 nitrogen and oxygen atoms in total. The molecule has 0 fully saturated rings. The summed E-state index contributed by atoms with van der Waals surface area (Å²) in [6.07, 6.45) is 5.60. The molecule has 4 heterocycles. The molecular formula is C30H17BN4PdS. The molecule has 176 valence electrons. The number of nitrogens with zero attached hydrogens (tertiary/aromatic N) is 4. The first-order valence-electron chi connectivity index (χ1n) is 11.9. The van der Waals surface area contributed by atoms with Gasteiger partial charge in [-0.3, -0.25) is 9.67 Å². The van der Waals surface area contributed by atoms with E-state index in [-0.39, 0.29) is 27.3 Å². The summed E-state index contributed by atoms with van der Waals surface area (Å²) in [5.41, 5.74) is 11.4. The van der Waals surface area contributed by atoms with Crippen molar-refractivity contribution in [2.45, 2.75) is 0 Å². The summed E-state index contributed by atoms with van der Waals surface area (Å²) in [6.45, 7) is 0.0179. The number of rotatable bonds is 2. The number of anilines is 2. The predicted octanol–water partition coefficient (Wildman–Crippen LogP) is 5.50. The monoisotopic (exact) mass is 582 g/mol. The third kappa shape index (κ3) is 3.32. The molecule has 0 radical (unpaired) electrons. The summed E-state index contributed by atoms with van der Waals surface area (Å²) < 4.78 is 1.87. The zero-order chi connectivity index (χ0) is 23.6. The number of fused-ring (bicyclic) bond motifs is 11. The zero-order valence-electron chi connectivity index (χ0n) is 19.4. The molecule has 37 heavy (non-hydrogen) atoms. The van der Waals surface area contributed by atoms with Crippen LogP contribution in [0.4, 0.5) is 11.4 Å². The maximum atomic E-state index is 4.56. The van der Waals surface area contributed by atoms with Crippen molar-refractivity contribution >= 4 is 40.5 Å². The number of aromatic nitrogens is 3. The van der Waals surface area contributed by atoms with Crippen LogP contribution in [0.5, 0.6) is 0 Å². The van der Waals surface area contributed by atoms with E-state index in [1.165, 1.54) is 27.6 Å². The van der Waals surface area contributed by atoms with Gasteiger partial charge >= 0.3 is 27.3 Å². The Hall–Kier alpha value is -3.75. The minimum atomic E-state index is 0. The van der Waals surface area contributed by atoms with Gasteiger partial charge in [-0.25, -0.2) is 0 Å². The number of hydrogen-bond donors (Lipinski definition) is 0. The largest absolute Gasteiger partial charge is 2.00 e. The van der Waals surface area contributed by atoms with Crippen molar-refractivity contribution in [3.63, 3.8) is 0 Å². The van der Waals surface area contributed by atoms with Crippen LogP contribution in [0.3, 0.4) is 0 Å². The number of benzene rings is 4. The van der Waals surface area contributed by atoms with Crippen LogP contribution in [0.25, 0.3) is 38.5 Å². The molecule has 0 saturated carbocycles. The SMILES string of the molecule is [Pd+2].[c-]1c(-c2nccs2)ccc2c1N1B(c3ccccc3-2)c2ccccc2-c2ccc(-n3cccn3)[c-]c21. The van der Waals surface area contributed by atoms with Gasteiger partial charge in [-0.1, -0.05) is 87.5 Å². The van der Waals surface area contributed by atoms with Gasteiger partial charge in [0.1, 0.15) is 0 Å². The minimum Gasteiger partial charge on any atom is -0.413 e. The Kier molecular flexibility index (Phi) is 5.26.